The SMILES string of the molecule is CN=C(NCc1cccc(OCc2ccccc2)c1)NCc1sc(C)nc1C. The van der Waals surface area contributed by atoms with Crippen LogP contribution in [0, 0.1) is 13.8 Å². The molecule has 146 valence electrons. The van der Waals surface area contributed by atoms with Crippen LogP contribution in [0.2, 0.25) is 0 Å². The minimum absolute atomic E-state index is 0.564. The second-order valence-corrected chi connectivity index (χ2v) is 7.73. The fourth-order valence-corrected chi connectivity index (χ4v) is 3.67. The van der Waals surface area contributed by atoms with E-state index in [1.54, 1.807) is 18.4 Å². The smallest absolute Gasteiger partial charge is 0.191 e. The van der Waals surface area contributed by atoms with E-state index in [1.165, 1.54) is 4.88 Å². The molecule has 1 aromatic heterocycles. The number of guanidine groups is 1. The normalized spacial score (nSPS) is 11.3. The number of thiazole rings is 1. The summed E-state index contributed by atoms with van der Waals surface area (Å²) in [6, 6.07) is 18.3. The molecular weight excluding hydrogens is 368 g/mol. The maximum atomic E-state index is 5.91. The van der Waals surface area contributed by atoms with Crippen LogP contribution in [0.4, 0.5) is 0 Å². The van der Waals surface area contributed by atoms with Gasteiger partial charge in [-0.2, -0.15) is 0 Å². The Kier molecular flexibility index (Phi) is 7.03. The first-order valence-corrected chi connectivity index (χ1v) is 10.1. The third-order valence-electron chi connectivity index (χ3n) is 4.25. The van der Waals surface area contributed by atoms with Gasteiger partial charge < -0.3 is 15.4 Å². The van der Waals surface area contributed by atoms with E-state index in [1.807, 2.05) is 44.2 Å². The van der Waals surface area contributed by atoms with Crippen LogP contribution >= 0.6 is 11.3 Å². The van der Waals surface area contributed by atoms with Gasteiger partial charge in [0.1, 0.15) is 12.4 Å². The highest BCUT2D eigenvalue weighted by molar-refractivity contribution is 7.11. The van der Waals surface area contributed by atoms with E-state index in [2.05, 4.69) is 44.9 Å². The predicted octanol–water partition coefficient (Wildman–Crippen LogP) is 4.20. The Hall–Kier alpha value is -2.86. The van der Waals surface area contributed by atoms with E-state index in [9.17, 15) is 0 Å². The predicted molar refractivity (Wildman–Crippen MR) is 116 cm³/mol. The van der Waals surface area contributed by atoms with Crippen LogP contribution in [-0.2, 0) is 19.7 Å². The molecule has 0 aliphatic carbocycles. The van der Waals surface area contributed by atoms with Crippen LogP contribution in [0.15, 0.2) is 59.6 Å². The summed E-state index contributed by atoms with van der Waals surface area (Å²) < 4.78 is 5.91. The molecule has 1 heterocycles. The molecule has 5 nitrogen and oxygen atoms in total. The Morgan fingerprint density at radius 3 is 2.46 bits per heavy atom. The Balaban J connectivity index is 1.50. The van der Waals surface area contributed by atoms with Crippen molar-refractivity contribution in [2.45, 2.75) is 33.5 Å². The van der Waals surface area contributed by atoms with E-state index in [4.69, 9.17) is 4.74 Å². The van der Waals surface area contributed by atoms with Crippen molar-refractivity contribution < 1.29 is 4.74 Å². The molecule has 2 N–H and O–H groups in total. The Bertz CT molecular complexity index is 921. The first-order valence-electron chi connectivity index (χ1n) is 9.27. The molecule has 0 saturated heterocycles. The van der Waals surface area contributed by atoms with Crippen molar-refractivity contribution in [3.63, 3.8) is 0 Å². The molecule has 2 aromatic carbocycles. The summed E-state index contributed by atoms with van der Waals surface area (Å²) in [7, 11) is 1.78. The van der Waals surface area contributed by atoms with Crippen LogP contribution in [-0.4, -0.2) is 18.0 Å². The molecule has 0 fully saturated rings. The highest BCUT2D eigenvalue weighted by atomic mass is 32.1. The molecule has 6 heteroatoms. The average Bonchev–Trinajstić information content (AvgIpc) is 3.04. The summed E-state index contributed by atoms with van der Waals surface area (Å²) in [5, 5.41) is 7.79. The van der Waals surface area contributed by atoms with Gasteiger partial charge in [-0.05, 0) is 37.1 Å². The van der Waals surface area contributed by atoms with Crippen molar-refractivity contribution in [1.29, 1.82) is 0 Å². The molecule has 0 amide bonds. The summed E-state index contributed by atoms with van der Waals surface area (Å²) in [6.45, 7) is 6.02. The average molecular weight is 395 g/mol. The molecule has 0 spiro atoms. The topological polar surface area (TPSA) is 58.5 Å². The number of aromatic nitrogens is 1. The van der Waals surface area contributed by atoms with Crippen molar-refractivity contribution in [3.05, 3.63) is 81.3 Å². The Morgan fingerprint density at radius 2 is 1.75 bits per heavy atom. The van der Waals surface area contributed by atoms with Crippen molar-refractivity contribution in [3.8, 4) is 5.75 Å². The Morgan fingerprint density at radius 1 is 1.00 bits per heavy atom. The largest absolute Gasteiger partial charge is 0.489 e. The lowest BCUT2D eigenvalue weighted by Crippen LogP contribution is -2.36. The van der Waals surface area contributed by atoms with Crippen LogP contribution in [0.3, 0.4) is 0 Å². The second-order valence-electron chi connectivity index (χ2n) is 6.44. The van der Waals surface area contributed by atoms with E-state index < -0.39 is 0 Å². The van der Waals surface area contributed by atoms with Gasteiger partial charge >= 0.3 is 0 Å². The summed E-state index contributed by atoms with van der Waals surface area (Å²) in [5.74, 6) is 1.63. The van der Waals surface area contributed by atoms with E-state index in [-0.39, 0.29) is 0 Å². The summed E-state index contributed by atoms with van der Waals surface area (Å²) >= 11 is 1.71. The van der Waals surface area contributed by atoms with Gasteiger partial charge in [0.05, 0.1) is 17.2 Å². The van der Waals surface area contributed by atoms with Crippen molar-refractivity contribution >= 4 is 17.3 Å². The number of aliphatic imine (C=N–C) groups is 1. The molecule has 0 radical (unpaired) electrons. The maximum Gasteiger partial charge on any atom is 0.191 e. The zero-order valence-corrected chi connectivity index (χ0v) is 17.3. The van der Waals surface area contributed by atoms with Gasteiger partial charge in [0, 0.05) is 18.5 Å². The fourth-order valence-electron chi connectivity index (χ4n) is 2.79. The molecule has 0 unspecified atom stereocenters. The van der Waals surface area contributed by atoms with E-state index in [0.717, 1.165) is 40.1 Å². The van der Waals surface area contributed by atoms with Gasteiger partial charge in [-0.25, -0.2) is 4.98 Å². The van der Waals surface area contributed by atoms with Gasteiger partial charge in [0.25, 0.3) is 0 Å². The third-order valence-corrected chi connectivity index (χ3v) is 5.32. The monoisotopic (exact) mass is 394 g/mol. The summed E-state index contributed by atoms with van der Waals surface area (Å²) in [4.78, 5) is 10.00. The lowest BCUT2D eigenvalue weighted by Gasteiger charge is -2.12. The van der Waals surface area contributed by atoms with Crippen LogP contribution < -0.4 is 15.4 Å². The van der Waals surface area contributed by atoms with Crippen LogP contribution in [0.1, 0.15) is 26.7 Å². The quantitative estimate of drug-likeness (QED) is 0.466. The first kappa shape index (κ1) is 19.9. The van der Waals surface area contributed by atoms with E-state index in [0.29, 0.717) is 13.2 Å². The minimum Gasteiger partial charge on any atom is -0.489 e. The number of rotatable bonds is 7. The lowest BCUT2D eigenvalue weighted by atomic mass is 10.2. The number of hydrogen-bond donors (Lipinski definition) is 2. The van der Waals surface area contributed by atoms with Crippen LogP contribution in [0.25, 0.3) is 0 Å². The van der Waals surface area contributed by atoms with Gasteiger partial charge in [-0.15, -0.1) is 11.3 Å². The number of ether oxygens (including phenoxy) is 1. The fraction of sp³-hybridized carbons (Fsp3) is 0.273. The number of aryl methyl sites for hydroxylation is 2. The Labute approximate surface area is 170 Å². The minimum atomic E-state index is 0.564. The number of hydrogen-bond acceptors (Lipinski definition) is 4. The van der Waals surface area contributed by atoms with Crippen molar-refractivity contribution in [2.24, 2.45) is 4.99 Å². The van der Waals surface area contributed by atoms with Gasteiger partial charge in [-0.3, -0.25) is 4.99 Å². The van der Waals surface area contributed by atoms with Crippen molar-refractivity contribution in [2.75, 3.05) is 7.05 Å². The number of benzene rings is 2. The molecule has 0 atom stereocenters. The standard InChI is InChI=1S/C22H26N4OS/c1-16-21(28-17(2)26-16)14-25-22(23-3)24-13-19-10-7-11-20(12-19)27-15-18-8-5-4-6-9-18/h4-12H,13-15H2,1-3H3,(H2,23,24,25). The molecular formula is C22H26N4OS. The van der Waals surface area contributed by atoms with E-state index >= 15 is 0 Å². The third kappa shape index (κ3) is 5.82. The highest BCUT2D eigenvalue weighted by Crippen LogP contribution is 2.17. The second kappa shape index (κ2) is 9.90. The molecule has 0 saturated carbocycles. The summed E-state index contributed by atoms with van der Waals surface area (Å²) in [6.07, 6.45) is 0. The number of nitrogens with one attached hydrogen (secondary N) is 2. The summed E-state index contributed by atoms with van der Waals surface area (Å²) in [5.41, 5.74) is 3.37. The van der Waals surface area contributed by atoms with Crippen LogP contribution in [0.5, 0.6) is 5.75 Å². The zero-order valence-electron chi connectivity index (χ0n) is 16.5. The van der Waals surface area contributed by atoms with Crippen molar-refractivity contribution in [1.82, 2.24) is 15.6 Å². The lowest BCUT2D eigenvalue weighted by molar-refractivity contribution is 0.306. The first-order chi connectivity index (χ1) is 13.6. The van der Waals surface area contributed by atoms with Gasteiger partial charge in [0.2, 0.25) is 0 Å². The molecule has 3 aromatic rings. The molecule has 0 bridgehead atoms. The molecule has 3 rings (SSSR count). The zero-order chi connectivity index (χ0) is 19.8. The highest BCUT2D eigenvalue weighted by Gasteiger charge is 2.06. The molecule has 0 aliphatic rings. The van der Waals surface area contributed by atoms with Gasteiger partial charge in [-0.1, -0.05) is 42.5 Å². The molecule has 0 aliphatic heterocycles. The maximum absolute atomic E-state index is 5.91. The number of nitrogens with zero attached hydrogens (tertiary/aromatic N) is 2. The molecule has 28 heavy (non-hydrogen) atoms. The van der Waals surface area contributed by atoms with Gasteiger partial charge in [0.15, 0.2) is 5.96 Å².